The fourth-order valence-electron chi connectivity index (χ4n) is 1.51. The lowest BCUT2D eigenvalue weighted by atomic mass is 10.1. The molecule has 1 aromatic carbocycles. The molecule has 0 saturated heterocycles. The molecule has 0 N–H and O–H groups in total. The topological polar surface area (TPSA) is 9.23 Å². The molecule has 0 unspecified atom stereocenters. The van der Waals surface area contributed by atoms with E-state index in [1.54, 1.807) is 5.38 Å². The van der Waals surface area contributed by atoms with Crippen LogP contribution in [0.5, 0.6) is 5.75 Å². The van der Waals surface area contributed by atoms with E-state index >= 15 is 0 Å². The molecule has 1 aromatic heterocycles. The zero-order valence-electron chi connectivity index (χ0n) is 9.25. The fraction of sp³-hybridized carbons (Fsp3) is 0.0769. The molecule has 0 atom stereocenters. The second-order valence-corrected chi connectivity index (χ2v) is 5.04. The first-order chi connectivity index (χ1) is 8.61. The highest BCUT2D eigenvalue weighted by atomic mass is 35.5. The highest BCUT2D eigenvalue weighted by Crippen LogP contribution is 2.34. The van der Waals surface area contributed by atoms with Crippen molar-refractivity contribution in [3.63, 3.8) is 0 Å². The van der Waals surface area contributed by atoms with Crippen molar-refractivity contribution < 1.29 is 13.5 Å². The van der Waals surface area contributed by atoms with Gasteiger partial charge >= 0.3 is 0 Å². The number of benzene rings is 1. The van der Waals surface area contributed by atoms with E-state index in [2.05, 4.69) is 6.58 Å². The van der Waals surface area contributed by atoms with Gasteiger partial charge in [0.05, 0.1) is 9.90 Å². The maximum Gasteiger partial charge on any atom is 0.137 e. The van der Waals surface area contributed by atoms with Gasteiger partial charge in [0.1, 0.15) is 24.0 Å². The van der Waals surface area contributed by atoms with Crippen LogP contribution in [-0.2, 0) is 0 Å². The molecule has 0 radical (unpaired) electrons. The average Bonchev–Trinajstić information content (AvgIpc) is 2.72. The third kappa shape index (κ3) is 2.71. The highest BCUT2D eigenvalue weighted by Gasteiger charge is 2.15. The van der Waals surface area contributed by atoms with E-state index in [1.165, 1.54) is 23.5 Å². The van der Waals surface area contributed by atoms with Gasteiger partial charge in [0.25, 0.3) is 0 Å². The van der Waals surface area contributed by atoms with Crippen molar-refractivity contribution in [2.24, 2.45) is 0 Å². The van der Waals surface area contributed by atoms with Crippen LogP contribution in [0.4, 0.5) is 8.78 Å². The van der Waals surface area contributed by atoms with Gasteiger partial charge in [-0.15, -0.1) is 11.3 Å². The Kier molecular flexibility index (Phi) is 3.99. The Morgan fingerprint density at radius 3 is 2.44 bits per heavy atom. The Labute approximate surface area is 112 Å². The average molecular weight is 287 g/mol. The zero-order chi connectivity index (χ0) is 13.1. The van der Waals surface area contributed by atoms with Crippen LogP contribution in [0, 0.1) is 11.6 Å². The van der Waals surface area contributed by atoms with Gasteiger partial charge in [-0.25, -0.2) is 8.78 Å². The molecule has 0 aliphatic carbocycles. The minimum absolute atomic E-state index is 0.0934. The Morgan fingerprint density at radius 1 is 1.28 bits per heavy atom. The highest BCUT2D eigenvalue weighted by molar-refractivity contribution is 7.14. The normalized spacial score (nSPS) is 10.4. The van der Waals surface area contributed by atoms with Gasteiger partial charge in [-0.2, -0.15) is 0 Å². The first-order valence-electron chi connectivity index (χ1n) is 5.09. The monoisotopic (exact) mass is 286 g/mol. The third-order valence-electron chi connectivity index (χ3n) is 2.24. The molecule has 0 spiro atoms. The second-order valence-electron chi connectivity index (χ2n) is 3.50. The maximum atomic E-state index is 13.8. The zero-order valence-corrected chi connectivity index (χ0v) is 10.8. The summed E-state index contributed by atoms with van der Waals surface area (Å²) in [6.07, 6.45) is 1.50. The minimum Gasteiger partial charge on any atom is -0.489 e. The van der Waals surface area contributed by atoms with Crippen LogP contribution >= 0.6 is 22.9 Å². The lowest BCUT2D eigenvalue weighted by Gasteiger charge is -2.07. The Balaban J connectivity index is 2.40. The summed E-state index contributed by atoms with van der Waals surface area (Å²) >= 11 is 6.97. The second kappa shape index (κ2) is 5.50. The smallest absolute Gasteiger partial charge is 0.137 e. The molecule has 0 fully saturated rings. The maximum absolute atomic E-state index is 13.8. The van der Waals surface area contributed by atoms with Crippen molar-refractivity contribution >= 4 is 22.9 Å². The van der Waals surface area contributed by atoms with Crippen LogP contribution in [0.25, 0.3) is 11.1 Å². The summed E-state index contributed by atoms with van der Waals surface area (Å²) in [5.41, 5.74) is 0.333. The van der Waals surface area contributed by atoms with E-state index < -0.39 is 11.6 Å². The molecule has 5 heteroatoms. The van der Waals surface area contributed by atoms with Crippen LogP contribution in [-0.4, -0.2) is 6.61 Å². The van der Waals surface area contributed by atoms with Crippen LogP contribution in [0.2, 0.25) is 4.34 Å². The summed E-state index contributed by atoms with van der Waals surface area (Å²) in [4.78, 5) is 0. The summed E-state index contributed by atoms with van der Waals surface area (Å²) in [6, 6.07) is 3.82. The number of thiophene rings is 1. The Bertz CT molecular complexity index is 557. The van der Waals surface area contributed by atoms with Crippen molar-refractivity contribution in [2.45, 2.75) is 0 Å². The lowest BCUT2D eigenvalue weighted by Crippen LogP contribution is -1.96. The van der Waals surface area contributed by atoms with E-state index in [1.807, 2.05) is 0 Å². The first-order valence-corrected chi connectivity index (χ1v) is 6.34. The van der Waals surface area contributed by atoms with Crippen molar-refractivity contribution in [2.75, 3.05) is 6.61 Å². The van der Waals surface area contributed by atoms with E-state index in [9.17, 15) is 8.78 Å². The van der Waals surface area contributed by atoms with Crippen molar-refractivity contribution in [3.8, 4) is 16.9 Å². The summed E-state index contributed by atoms with van der Waals surface area (Å²) in [5, 5.41) is 1.61. The van der Waals surface area contributed by atoms with Crippen molar-refractivity contribution in [1.29, 1.82) is 0 Å². The largest absolute Gasteiger partial charge is 0.489 e. The summed E-state index contributed by atoms with van der Waals surface area (Å²) in [7, 11) is 0. The number of halogens is 3. The molecule has 0 bridgehead atoms. The van der Waals surface area contributed by atoms with Crippen LogP contribution in [0.3, 0.4) is 0 Å². The van der Waals surface area contributed by atoms with Crippen LogP contribution in [0.15, 0.2) is 36.2 Å². The lowest BCUT2D eigenvalue weighted by molar-refractivity contribution is 0.358. The molecule has 0 aliphatic heterocycles. The predicted molar refractivity (Wildman–Crippen MR) is 70.4 cm³/mol. The predicted octanol–water partition coefficient (Wildman–Crippen LogP) is 4.91. The molecule has 0 saturated carbocycles. The van der Waals surface area contributed by atoms with Crippen LogP contribution in [0.1, 0.15) is 0 Å². The quantitative estimate of drug-likeness (QED) is 0.726. The van der Waals surface area contributed by atoms with E-state index in [0.717, 1.165) is 12.1 Å². The van der Waals surface area contributed by atoms with Gasteiger partial charge in [0.15, 0.2) is 0 Å². The minimum atomic E-state index is -0.677. The molecule has 94 valence electrons. The number of ether oxygens (including phenoxy) is 1. The molecular formula is C13H9ClF2OS. The van der Waals surface area contributed by atoms with Gasteiger partial charge in [0, 0.05) is 17.5 Å². The Morgan fingerprint density at radius 2 is 1.94 bits per heavy atom. The molecule has 2 rings (SSSR count). The molecule has 18 heavy (non-hydrogen) atoms. The fourth-order valence-corrected chi connectivity index (χ4v) is 2.38. The van der Waals surface area contributed by atoms with E-state index in [4.69, 9.17) is 16.3 Å². The number of rotatable bonds is 4. The summed E-state index contributed by atoms with van der Waals surface area (Å²) in [6.45, 7) is 3.66. The van der Waals surface area contributed by atoms with Gasteiger partial charge < -0.3 is 4.74 Å². The molecule has 2 aromatic rings. The van der Waals surface area contributed by atoms with Gasteiger partial charge in [0.2, 0.25) is 0 Å². The van der Waals surface area contributed by atoms with Gasteiger partial charge in [-0.3, -0.25) is 0 Å². The summed E-state index contributed by atoms with van der Waals surface area (Å²) in [5.74, 6) is -1.22. The molecule has 1 nitrogen and oxygen atoms in total. The molecule has 0 aliphatic rings. The first kappa shape index (κ1) is 13.1. The molecule has 1 heterocycles. The SMILES string of the molecule is C=CCOc1cc(F)c(-c2csc(Cl)c2)c(F)c1. The molecule has 0 amide bonds. The van der Waals surface area contributed by atoms with Gasteiger partial charge in [-0.1, -0.05) is 24.3 Å². The van der Waals surface area contributed by atoms with Crippen molar-refractivity contribution in [3.05, 3.63) is 52.2 Å². The van der Waals surface area contributed by atoms with E-state index in [-0.39, 0.29) is 17.9 Å². The van der Waals surface area contributed by atoms with E-state index in [0.29, 0.717) is 9.90 Å². The number of hydrogen-bond donors (Lipinski definition) is 0. The number of hydrogen-bond acceptors (Lipinski definition) is 2. The van der Waals surface area contributed by atoms with Crippen LogP contribution < -0.4 is 4.74 Å². The van der Waals surface area contributed by atoms with Crippen molar-refractivity contribution in [1.82, 2.24) is 0 Å². The van der Waals surface area contributed by atoms with Gasteiger partial charge in [-0.05, 0) is 11.6 Å². The standard InChI is InChI=1S/C13H9ClF2OS/c1-2-3-17-9-5-10(15)13(11(16)6-9)8-4-12(14)18-7-8/h2,4-7H,1,3H2. The molecular weight excluding hydrogens is 278 g/mol. The summed E-state index contributed by atoms with van der Waals surface area (Å²) < 4.78 is 33.3. The Hall–Kier alpha value is -1.39. The third-order valence-corrected chi connectivity index (χ3v) is 3.33.